The zero-order chi connectivity index (χ0) is 19.7. The van der Waals surface area contributed by atoms with Crippen molar-refractivity contribution in [2.45, 2.75) is 33.2 Å². The van der Waals surface area contributed by atoms with Crippen molar-refractivity contribution < 1.29 is 19.1 Å². The summed E-state index contributed by atoms with van der Waals surface area (Å²) >= 11 is 0. The average molecular weight is 367 g/mol. The van der Waals surface area contributed by atoms with Crippen LogP contribution in [-0.4, -0.2) is 16.8 Å². The Hall–Kier alpha value is -2.95. The largest absolute Gasteiger partial charge is 0.503 e. The summed E-state index contributed by atoms with van der Waals surface area (Å²) < 4.78 is 14.6. The molecule has 0 aromatic heterocycles. The molecule has 1 N–H and O–H groups in total. The number of ketones is 1. The number of Topliss-reactive ketones (excluding diaryl/α,β-unsaturated/α-hetero) is 1. The summed E-state index contributed by atoms with van der Waals surface area (Å²) in [7, 11) is 0. The molecule has 0 aliphatic carbocycles. The van der Waals surface area contributed by atoms with E-state index in [4.69, 9.17) is 0 Å². The Morgan fingerprint density at radius 1 is 1.15 bits per heavy atom. The number of carbonyl (C=O) groups is 2. The number of aliphatic hydroxyl groups excluding tert-OH is 1. The van der Waals surface area contributed by atoms with E-state index in [0.717, 1.165) is 5.56 Å². The quantitative estimate of drug-likeness (QED) is 0.837. The van der Waals surface area contributed by atoms with Gasteiger partial charge >= 0.3 is 0 Å². The first kappa shape index (κ1) is 18.8. The molecule has 1 unspecified atom stereocenters. The number of aryl methyl sites for hydroxylation is 1. The van der Waals surface area contributed by atoms with E-state index in [0.29, 0.717) is 5.69 Å². The van der Waals surface area contributed by atoms with Gasteiger partial charge in [0.15, 0.2) is 11.5 Å². The highest BCUT2D eigenvalue weighted by molar-refractivity contribution is 6.16. The van der Waals surface area contributed by atoms with Crippen LogP contribution in [0.2, 0.25) is 0 Å². The number of benzene rings is 2. The summed E-state index contributed by atoms with van der Waals surface area (Å²) in [5.41, 5.74) is 1.47. The maximum atomic E-state index is 14.6. The van der Waals surface area contributed by atoms with E-state index in [9.17, 15) is 19.1 Å². The van der Waals surface area contributed by atoms with Crippen LogP contribution in [0.3, 0.4) is 0 Å². The predicted octanol–water partition coefficient (Wildman–Crippen LogP) is 4.65. The van der Waals surface area contributed by atoms with Crippen LogP contribution in [0.15, 0.2) is 59.9 Å². The van der Waals surface area contributed by atoms with E-state index in [1.807, 2.05) is 32.9 Å². The summed E-state index contributed by atoms with van der Waals surface area (Å²) in [4.78, 5) is 27.1. The van der Waals surface area contributed by atoms with Gasteiger partial charge in [-0.25, -0.2) is 4.39 Å². The van der Waals surface area contributed by atoms with Crippen LogP contribution in [-0.2, 0) is 9.59 Å². The zero-order valence-electron chi connectivity index (χ0n) is 15.6. The minimum Gasteiger partial charge on any atom is -0.503 e. The lowest BCUT2D eigenvalue weighted by Crippen LogP contribution is -2.32. The van der Waals surface area contributed by atoms with E-state index >= 15 is 0 Å². The first-order chi connectivity index (χ1) is 12.8. The highest BCUT2D eigenvalue weighted by atomic mass is 19.1. The van der Waals surface area contributed by atoms with Crippen molar-refractivity contribution in [1.82, 2.24) is 0 Å². The first-order valence-electron chi connectivity index (χ1n) is 8.92. The Balaban J connectivity index is 2.21. The number of rotatable bonds is 5. The second kappa shape index (κ2) is 7.35. The summed E-state index contributed by atoms with van der Waals surface area (Å²) in [5, 5.41) is 10.5. The number of carbonyl (C=O) groups excluding carboxylic acids is 2. The first-order valence-corrected chi connectivity index (χ1v) is 8.92. The summed E-state index contributed by atoms with van der Waals surface area (Å²) in [6.07, 6.45) is 0.166. The number of para-hydroxylation sites is 1. The van der Waals surface area contributed by atoms with Gasteiger partial charge in [-0.15, -0.1) is 0 Å². The Morgan fingerprint density at radius 3 is 2.41 bits per heavy atom. The minimum atomic E-state index is -0.994. The molecule has 4 nitrogen and oxygen atoms in total. The van der Waals surface area contributed by atoms with Crippen LogP contribution in [0.25, 0.3) is 0 Å². The molecule has 1 heterocycles. The predicted molar refractivity (Wildman–Crippen MR) is 102 cm³/mol. The third kappa shape index (κ3) is 3.37. The molecule has 0 saturated carbocycles. The standard InChI is InChI=1S/C22H22FNO3/c1-13(2)12-18(25)19-20(15-9-5-6-10-16(15)23)24(22(27)21(19)26)17-11-7-4-8-14(17)3/h4-11,13,20,26H,12H2,1-3H3. The Kier molecular flexibility index (Phi) is 5.13. The smallest absolute Gasteiger partial charge is 0.294 e. The van der Waals surface area contributed by atoms with Gasteiger partial charge in [0, 0.05) is 17.7 Å². The highest BCUT2D eigenvalue weighted by Crippen LogP contribution is 2.43. The molecule has 0 bridgehead atoms. The van der Waals surface area contributed by atoms with Gasteiger partial charge in [-0.1, -0.05) is 50.2 Å². The molecular formula is C22H22FNO3. The van der Waals surface area contributed by atoms with Gasteiger partial charge in [0.1, 0.15) is 5.82 Å². The van der Waals surface area contributed by atoms with E-state index in [1.165, 1.54) is 11.0 Å². The Labute approximate surface area is 157 Å². The number of aliphatic hydroxyl groups is 1. The van der Waals surface area contributed by atoms with Crippen LogP contribution in [0.1, 0.15) is 37.4 Å². The molecule has 140 valence electrons. The molecule has 27 heavy (non-hydrogen) atoms. The molecule has 1 amide bonds. The third-order valence-corrected chi connectivity index (χ3v) is 4.68. The van der Waals surface area contributed by atoms with Crippen molar-refractivity contribution in [2.75, 3.05) is 4.90 Å². The van der Waals surface area contributed by atoms with Crippen LogP contribution in [0.4, 0.5) is 10.1 Å². The molecule has 1 atom stereocenters. The van der Waals surface area contributed by atoms with Gasteiger partial charge in [0.25, 0.3) is 5.91 Å². The van der Waals surface area contributed by atoms with Gasteiger partial charge in [-0.3, -0.25) is 14.5 Å². The number of hydrogen-bond acceptors (Lipinski definition) is 3. The van der Waals surface area contributed by atoms with Crippen molar-refractivity contribution in [3.63, 3.8) is 0 Å². The molecule has 5 heteroatoms. The van der Waals surface area contributed by atoms with E-state index in [-0.39, 0.29) is 29.3 Å². The topological polar surface area (TPSA) is 57.6 Å². The van der Waals surface area contributed by atoms with Gasteiger partial charge in [0.2, 0.25) is 0 Å². The van der Waals surface area contributed by atoms with Crippen LogP contribution >= 0.6 is 0 Å². The van der Waals surface area contributed by atoms with Gasteiger partial charge in [-0.05, 0) is 30.5 Å². The summed E-state index contributed by atoms with van der Waals surface area (Å²) in [5.74, 6) is -2.12. The molecule has 2 aromatic carbocycles. The Bertz CT molecular complexity index is 933. The summed E-state index contributed by atoms with van der Waals surface area (Å²) in [6.45, 7) is 5.58. The van der Waals surface area contributed by atoms with Crippen LogP contribution < -0.4 is 4.90 Å². The van der Waals surface area contributed by atoms with Crippen molar-refractivity contribution in [3.8, 4) is 0 Å². The van der Waals surface area contributed by atoms with Crippen molar-refractivity contribution in [1.29, 1.82) is 0 Å². The SMILES string of the molecule is Cc1ccccc1N1C(=O)C(O)=C(C(=O)CC(C)C)C1c1ccccc1F. The lowest BCUT2D eigenvalue weighted by Gasteiger charge is -2.28. The van der Waals surface area contributed by atoms with Crippen molar-refractivity contribution in [3.05, 3.63) is 76.8 Å². The maximum absolute atomic E-state index is 14.6. The highest BCUT2D eigenvalue weighted by Gasteiger charge is 2.45. The van der Waals surface area contributed by atoms with Crippen LogP contribution in [0.5, 0.6) is 0 Å². The Morgan fingerprint density at radius 2 is 1.78 bits per heavy atom. The lowest BCUT2D eigenvalue weighted by atomic mass is 9.91. The van der Waals surface area contributed by atoms with Crippen molar-refractivity contribution >= 4 is 17.4 Å². The number of halogens is 1. The molecule has 1 aliphatic heterocycles. The number of hydrogen-bond donors (Lipinski definition) is 1. The molecule has 0 saturated heterocycles. The minimum absolute atomic E-state index is 0.0398. The second-order valence-corrected chi connectivity index (χ2v) is 7.17. The van der Waals surface area contributed by atoms with Crippen LogP contribution in [0, 0.1) is 18.7 Å². The van der Waals surface area contributed by atoms with E-state index in [2.05, 4.69) is 0 Å². The molecule has 0 spiro atoms. The number of amides is 1. The fraction of sp³-hybridized carbons (Fsp3) is 0.273. The molecular weight excluding hydrogens is 345 g/mol. The van der Waals surface area contributed by atoms with Crippen molar-refractivity contribution in [2.24, 2.45) is 5.92 Å². The number of nitrogens with zero attached hydrogens (tertiary/aromatic N) is 1. The lowest BCUT2D eigenvalue weighted by molar-refractivity contribution is -0.118. The normalized spacial score (nSPS) is 17.1. The van der Waals surface area contributed by atoms with Gasteiger partial charge < -0.3 is 5.11 Å². The molecule has 0 radical (unpaired) electrons. The monoisotopic (exact) mass is 367 g/mol. The fourth-order valence-corrected chi connectivity index (χ4v) is 3.44. The second-order valence-electron chi connectivity index (χ2n) is 7.17. The molecule has 0 fully saturated rings. The molecule has 2 aromatic rings. The van der Waals surface area contributed by atoms with Gasteiger partial charge in [0.05, 0.1) is 11.6 Å². The fourth-order valence-electron chi connectivity index (χ4n) is 3.44. The summed E-state index contributed by atoms with van der Waals surface area (Å²) in [6, 6.07) is 12.2. The van der Waals surface area contributed by atoms with Gasteiger partial charge in [-0.2, -0.15) is 0 Å². The third-order valence-electron chi connectivity index (χ3n) is 4.68. The molecule has 3 rings (SSSR count). The average Bonchev–Trinajstić information content (AvgIpc) is 2.87. The molecule has 1 aliphatic rings. The zero-order valence-corrected chi connectivity index (χ0v) is 15.6. The van der Waals surface area contributed by atoms with E-state index < -0.39 is 23.5 Å². The number of anilines is 1. The maximum Gasteiger partial charge on any atom is 0.294 e. The van der Waals surface area contributed by atoms with E-state index in [1.54, 1.807) is 30.3 Å².